The first-order valence-electron chi connectivity index (χ1n) is 15.6. The van der Waals surface area contributed by atoms with E-state index in [0.29, 0.717) is 32.2 Å². The number of allylic oxidation sites excluding steroid dienone is 2. The van der Waals surface area contributed by atoms with Gasteiger partial charge < -0.3 is 5.32 Å². The largest absolute Gasteiger partial charge is 0.346 e. The Morgan fingerprint density at radius 3 is 2.44 bits per heavy atom. The summed E-state index contributed by atoms with van der Waals surface area (Å²) in [6.45, 7) is -0.887. The van der Waals surface area contributed by atoms with Crippen molar-refractivity contribution in [3.05, 3.63) is 94.6 Å². The molecule has 272 valence electrons. The number of hydrogen-bond acceptors (Lipinski definition) is 8. The molecule has 0 bridgehead atoms. The molecule has 0 fully saturated rings. The molecule has 1 amide bonds. The molecule has 19 heteroatoms. The van der Waals surface area contributed by atoms with Crippen LogP contribution in [0.15, 0.2) is 59.8 Å². The molecular formula is C33H28F6N8O3S2. The standard InChI is InChI=1S/C33H28F6N8O3S2/c1-46-29-19(5-4-6-20(29)32(44-46)45-52(3,49)50)26-27(40-13-24(42-26)51-2)22(11-15-9-16(34)12-17(35)10-15)41-23(48)14-47-30-25(28(43-47)31(36)37)18-7-8-21(18)33(30,38)39/h4-10,12-13,18,21-22,31H,11,14H2,1-3H3,(H,41,48)(H,44,45)/t18-,21+,22-/m0/s1. The summed E-state index contributed by atoms with van der Waals surface area (Å²) in [4.78, 5) is 23.1. The molecule has 0 unspecified atom stereocenters. The lowest BCUT2D eigenvalue weighted by Crippen LogP contribution is -2.35. The summed E-state index contributed by atoms with van der Waals surface area (Å²) in [6, 6.07) is 6.47. The van der Waals surface area contributed by atoms with Crippen LogP contribution in [0.3, 0.4) is 0 Å². The summed E-state index contributed by atoms with van der Waals surface area (Å²) in [5.41, 5.74) is -0.725. The number of alkyl halides is 4. The van der Waals surface area contributed by atoms with Gasteiger partial charge in [-0.15, -0.1) is 11.8 Å². The van der Waals surface area contributed by atoms with Gasteiger partial charge in [-0.1, -0.05) is 24.3 Å². The molecule has 3 aromatic heterocycles. The van der Waals surface area contributed by atoms with Crippen LogP contribution in [0, 0.1) is 17.6 Å². The lowest BCUT2D eigenvalue weighted by atomic mass is 9.81. The number of carbonyl (C=O) groups excluding carboxylic acids is 1. The van der Waals surface area contributed by atoms with Crippen molar-refractivity contribution >= 4 is 44.4 Å². The number of hydrogen-bond donors (Lipinski definition) is 2. The van der Waals surface area contributed by atoms with Crippen molar-refractivity contribution in [1.82, 2.24) is 34.8 Å². The van der Waals surface area contributed by atoms with E-state index >= 15 is 8.78 Å². The highest BCUT2D eigenvalue weighted by Gasteiger charge is 2.60. The number of fused-ring (bicyclic) bond motifs is 4. The zero-order chi connectivity index (χ0) is 37.3. The third kappa shape index (κ3) is 6.29. The smallest absolute Gasteiger partial charge is 0.296 e. The molecule has 7 rings (SSSR count). The van der Waals surface area contributed by atoms with E-state index < -0.39 is 75.7 Å². The number of carbonyl (C=O) groups is 1. The molecule has 2 aliphatic rings. The fraction of sp³-hybridized carbons (Fsp3) is 0.303. The Balaban J connectivity index is 1.33. The Labute approximate surface area is 296 Å². The Hall–Kier alpha value is -4.91. The number of aryl methyl sites for hydroxylation is 1. The van der Waals surface area contributed by atoms with Gasteiger partial charge in [-0.05, 0) is 36.4 Å². The Morgan fingerprint density at radius 2 is 1.81 bits per heavy atom. The van der Waals surface area contributed by atoms with E-state index in [1.54, 1.807) is 31.5 Å². The third-order valence-corrected chi connectivity index (χ3v) is 10.1. The maximum Gasteiger partial charge on any atom is 0.296 e. The Bertz CT molecular complexity index is 2380. The summed E-state index contributed by atoms with van der Waals surface area (Å²) in [7, 11) is -2.15. The number of rotatable bonds is 11. The quantitative estimate of drug-likeness (QED) is 0.0949. The van der Waals surface area contributed by atoms with Crippen molar-refractivity contribution in [2.75, 3.05) is 17.2 Å². The molecule has 3 heterocycles. The lowest BCUT2D eigenvalue weighted by molar-refractivity contribution is -0.123. The molecule has 2 N–H and O–H groups in total. The average molecular weight is 763 g/mol. The van der Waals surface area contributed by atoms with Crippen molar-refractivity contribution in [3.63, 3.8) is 0 Å². The number of amides is 1. The number of benzene rings is 2. The van der Waals surface area contributed by atoms with Crippen LogP contribution < -0.4 is 10.0 Å². The Morgan fingerprint density at radius 1 is 1.08 bits per heavy atom. The van der Waals surface area contributed by atoms with Gasteiger partial charge in [0, 0.05) is 35.5 Å². The number of anilines is 1. The summed E-state index contributed by atoms with van der Waals surface area (Å²) in [5.74, 6) is -8.55. The van der Waals surface area contributed by atoms with Crippen molar-refractivity contribution in [1.29, 1.82) is 0 Å². The summed E-state index contributed by atoms with van der Waals surface area (Å²) < 4.78 is 116. The number of para-hydroxylation sites is 1. The fourth-order valence-electron chi connectivity index (χ4n) is 6.83. The Kier molecular flexibility index (Phi) is 8.83. The first-order valence-corrected chi connectivity index (χ1v) is 18.7. The van der Waals surface area contributed by atoms with E-state index in [1.165, 1.54) is 34.8 Å². The summed E-state index contributed by atoms with van der Waals surface area (Å²) in [5, 5.41) is 11.6. The summed E-state index contributed by atoms with van der Waals surface area (Å²) >= 11 is 1.24. The second-order valence-corrected chi connectivity index (χ2v) is 15.0. The van der Waals surface area contributed by atoms with E-state index in [4.69, 9.17) is 4.98 Å². The van der Waals surface area contributed by atoms with E-state index in [2.05, 4.69) is 25.2 Å². The van der Waals surface area contributed by atoms with Crippen LogP contribution in [0.25, 0.3) is 22.2 Å². The van der Waals surface area contributed by atoms with Gasteiger partial charge in [0.15, 0.2) is 5.82 Å². The number of thioether (sulfide) groups is 1. The van der Waals surface area contributed by atoms with Gasteiger partial charge in [0.25, 0.3) is 12.3 Å². The first kappa shape index (κ1) is 35.5. The molecule has 0 aliphatic heterocycles. The second kappa shape index (κ2) is 12.9. The minimum absolute atomic E-state index is 0.0350. The van der Waals surface area contributed by atoms with Gasteiger partial charge in [-0.25, -0.2) is 31.0 Å². The molecule has 11 nitrogen and oxygen atoms in total. The van der Waals surface area contributed by atoms with E-state index in [1.807, 2.05) is 0 Å². The number of halogens is 6. The summed E-state index contributed by atoms with van der Waals surface area (Å²) in [6.07, 6.45) is 3.32. The van der Waals surface area contributed by atoms with Crippen LogP contribution in [-0.4, -0.2) is 56.4 Å². The van der Waals surface area contributed by atoms with Gasteiger partial charge >= 0.3 is 0 Å². The molecule has 0 radical (unpaired) electrons. The van der Waals surface area contributed by atoms with Crippen LogP contribution >= 0.6 is 11.8 Å². The number of nitrogens with one attached hydrogen (secondary N) is 2. The topological polar surface area (TPSA) is 137 Å². The van der Waals surface area contributed by atoms with E-state index in [9.17, 15) is 30.8 Å². The maximum atomic E-state index is 15.5. The molecule has 0 spiro atoms. The van der Waals surface area contributed by atoms with Gasteiger partial charge in [0.2, 0.25) is 15.9 Å². The molecule has 2 aliphatic carbocycles. The van der Waals surface area contributed by atoms with Gasteiger partial charge in [0.1, 0.15) is 34.6 Å². The molecule has 2 aromatic carbocycles. The van der Waals surface area contributed by atoms with Gasteiger partial charge in [-0.2, -0.15) is 19.0 Å². The number of sulfonamides is 1. The van der Waals surface area contributed by atoms with Gasteiger partial charge in [-0.3, -0.25) is 23.9 Å². The number of nitrogens with zero attached hydrogens (tertiary/aromatic N) is 6. The molecule has 0 saturated carbocycles. The van der Waals surface area contributed by atoms with Crippen molar-refractivity contribution < 1.29 is 39.6 Å². The maximum absolute atomic E-state index is 15.5. The molecule has 3 atom stereocenters. The molecule has 0 saturated heterocycles. The minimum atomic E-state index is -3.73. The minimum Gasteiger partial charge on any atom is -0.346 e. The van der Waals surface area contributed by atoms with Crippen LogP contribution in [0.5, 0.6) is 0 Å². The van der Waals surface area contributed by atoms with E-state index in [-0.39, 0.29) is 34.8 Å². The van der Waals surface area contributed by atoms with Crippen LogP contribution in [0.1, 0.15) is 46.6 Å². The average Bonchev–Trinajstić information content (AvgIpc) is 3.60. The predicted octanol–water partition coefficient (Wildman–Crippen LogP) is 6.01. The van der Waals surface area contributed by atoms with Crippen molar-refractivity contribution in [2.45, 2.75) is 42.3 Å². The van der Waals surface area contributed by atoms with E-state index in [0.717, 1.165) is 18.4 Å². The lowest BCUT2D eigenvalue weighted by Gasteiger charge is -2.27. The SMILES string of the molecule is CSc1cnc([C@H](Cc2cc(F)cc(F)c2)NC(=O)Cn2nc(C(F)F)c3c2C(F)(F)[C@@H]2C=C[C@H]32)c(-c2cccc3c(NS(C)(=O)=O)nn(C)c23)n1. The predicted molar refractivity (Wildman–Crippen MR) is 179 cm³/mol. The van der Waals surface area contributed by atoms with Crippen LogP contribution in [0.4, 0.5) is 32.2 Å². The second-order valence-electron chi connectivity index (χ2n) is 12.5. The highest BCUT2D eigenvalue weighted by Crippen LogP contribution is 2.59. The monoisotopic (exact) mass is 762 g/mol. The normalized spacial score (nSPS) is 18.0. The zero-order valence-corrected chi connectivity index (χ0v) is 29.0. The first-order chi connectivity index (χ1) is 24.5. The number of aromatic nitrogens is 6. The molecular weight excluding hydrogens is 735 g/mol. The highest BCUT2D eigenvalue weighted by molar-refractivity contribution is 7.98. The zero-order valence-electron chi connectivity index (χ0n) is 27.4. The van der Waals surface area contributed by atoms with Crippen molar-refractivity contribution in [2.24, 2.45) is 13.0 Å². The third-order valence-electron chi connectivity index (χ3n) is 8.92. The highest BCUT2D eigenvalue weighted by atomic mass is 32.2. The van der Waals surface area contributed by atoms with Crippen LogP contribution in [-0.2, 0) is 40.8 Å². The van der Waals surface area contributed by atoms with Crippen LogP contribution in [0.2, 0.25) is 0 Å². The van der Waals surface area contributed by atoms with Crippen molar-refractivity contribution in [3.8, 4) is 11.3 Å². The van der Waals surface area contributed by atoms with Gasteiger partial charge in [0.05, 0.1) is 41.3 Å². The fourth-order valence-corrected chi connectivity index (χ4v) is 7.68. The molecule has 5 aromatic rings. The molecule has 52 heavy (non-hydrogen) atoms.